The Hall–Kier alpha value is -1.81. The standard InChI is InChI=1S/C17H18ClNO3/c1-10(20)14-15(11-4-2-3-5-11)19(17(22)16(14)21)13-8-6-12(18)7-9-13/h6-9,11,15,21H,2-5H2,1H3/t15-/m1/s1. The molecule has 0 spiro atoms. The minimum Gasteiger partial charge on any atom is -0.503 e. The van der Waals surface area contributed by atoms with Gasteiger partial charge in [0.15, 0.2) is 11.5 Å². The molecule has 2 aliphatic rings. The van der Waals surface area contributed by atoms with E-state index in [9.17, 15) is 14.7 Å². The van der Waals surface area contributed by atoms with Gasteiger partial charge in [0.05, 0.1) is 11.6 Å². The highest BCUT2D eigenvalue weighted by Crippen LogP contribution is 2.41. The van der Waals surface area contributed by atoms with E-state index < -0.39 is 11.7 Å². The average Bonchev–Trinajstić information content (AvgIpc) is 3.08. The molecule has 1 amide bonds. The lowest BCUT2D eigenvalue weighted by Crippen LogP contribution is -2.41. The number of carbonyl (C=O) groups excluding carboxylic acids is 2. The lowest BCUT2D eigenvalue weighted by molar-refractivity contribution is -0.117. The maximum atomic E-state index is 12.5. The van der Waals surface area contributed by atoms with Gasteiger partial charge in [-0.3, -0.25) is 14.5 Å². The fraction of sp³-hybridized carbons (Fsp3) is 0.412. The molecule has 22 heavy (non-hydrogen) atoms. The summed E-state index contributed by atoms with van der Waals surface area (Å²) in [4.78, 5) is 26.0. The molecule has 1 fully saturated rings. The highest BCUT2D eigenvalue weighted by Gasteiger charge is 2.46. The first-order valence-corrected chi connectivity index (χ1v) is 7.91. The third-order valence-electron chi connectivity index (χ3n) is 4.58. The summed E-state index contributed by atoms with van der Waals surface area (Å²) >= 11 is 5.91. The van der Waals surface area contributed by atoms with Crippen LogP contribution in [0, 0.1) is 5.92 Å². The normalized spacial score (nSPS) is 22.7. The third-order valence-corrected chi connectivity index (χ3v) is 4.83. The minimum absolute atomic E-state index is 0.211. The molecule has 0 unspecified atom stereocenters. The van der Waals surface area contributed by atoms with Crippen LogP contribution in [0.1, 0.15) is 32.6 Å². The van der Waals surface area contributed by atoms with E-state index in [1.807, 2.05) is 0 Å². The molecular weight excluding hydrogens is 302 g/mol. The first-order chi connectivity index (χ1) is 10.5. The van der Waals surface area contributed by atoms with E-state index in [1.165, 1.54) is 6.92 Å². The van der Waals surface area contributed by atoms with Crippen molar-refractivity contribution < 1.29 is 14.7 Å². The number of ketones is 1. The Balaban J connectivity index is 2.06. The second kappa shape index (κ2) is 5.76. The summed E-state index contributed by atoms with van der Waals surface area (Å²) in [6.07, 6.45) is 4.11. The summed E-state index contributed by atoms with van der Waals surface area (Å²) in [5, 5.41) is 10.8. The van der Waals surface area contributed by atoms with Crippen molar-refractivity contribution in [3.05, 3.63) is 40.6 Å². The topological polar surface area (TPSA) is 57.6 Å². The number of hydrogen-bond donors (Lipinski definition) is 1. The van der Waals surface area contributed by atoms with E-state index in [4.69, 9.17) is 11.6 Å². The molecule has 1 atom stereocenters. The van der Waals surface area contributed by atoms with Gasteiger partial charge in [-0.2, -0.15) is 0 Å². The van der Waals surface area contributed by atoms with E-state index in [2.05, 4.69) is 0 Å². The van der Waals surface area contributed by atoms with Crippen LogP contribution in [0.5, 0.6) is 0 Å². The number of amides is 1. The molecule has 1 aliphatic carbocycles. The van der Waals surface area contributed by atoms with Crippen LogP contribution in [-0.4, -0.2) is 22.8 Å². The Bertz CT molecular complexity index is 644. The fourth-order valence-electron chi connectivity index (χ4n) is 3.60. The molecule has 1 heterocycles. The van der Waals surface area contributed by atoms with E-state index in [-0.39, 0.29) is 23.3 Å². The molecule has 1 aromatic carbocycles. The monoisotopic (exact) mass is 319 g/mol. The number of benzene rings is 1. The van der Waals surface area contributed by atoms with Crippen molar-refractivity contribution in [3.63, 3.8) is 0 Å². The predicted molar refractivity (Wildman–Crippen MR) is 85.0 cm³/mol. The smallest absolute Gasteiger partial charge is 0.294 e. The number of carbonyl (C=O) groups is 2. The molecule has 0 saturated heterocycles. The second-order valence-electron chi connectivity index (χ2n) is 5.96. The number of aliphatic hydroxyl groups is 1. The van der Waals surface area contributed by atoms with Crippen molar-refractivity contribution in [2.24, 2.45) is 5.92 Å². The highest BCUT2D eigenvalue weighted by atomic mass is 35.5. The Morgan fingerprint density at radius 2 is 1.82 bits per heavy atom. The van der Waals surface area contributed by atoms with Gasteiger partial charge in [0.2, 0.25) is 0 Å². The van der Waals surface area contributed by atoms with Crippen LogP contribution in [0.2, 0.25) is 5.02 Å². The maximum Gasteiger partial charge on any atom is 0.294 e. The summed E-state index contributed by atoms with van der Waals surface area (Å²) in [5.74, 6) is -0.925. The molecule has 3 rings (SSSR count). The van der Waals surface area contributed by atoms with Gasteiger partial charge in [-0.25, -0.2) is 0 Å². The zero-order chi connectivity index (χ0) is 15.9. The zero-order valence-electron chi connectivity index (χ0n) is 12.4. The van der Waals surface area contributed by atoms with Crippen molar-refractivity contribution in [2.45, 2.75) is 38.6 Å². The lowest BCUT2D eigenvalue weighted by atomic mass is 9.90. The van der Waals surface area contributed by atoms with E-state index in [0.717, 1.165) is 25.7 Å². The van der Waals surface area contributed by atoms with Crippen LogP contribution < -0.4 is 4.90 Å². The summed E-state index contributed by atoms with van der Waals surface area (Å²) in [6.45, 7) is 1.41. The largest absolute Gasteiger partial charge is 0.503 e. The zero-order valence-corrected chi connectivity index (χ0v) is 13.1. The van der Waals surface area contributed by atoms with Gasteiger partial charge < -0.3 is 5.11 Å². The quantitative estimate of drug-likeness (QED) is 0.925. The summed E-state index contributed by atoms with van der Waals surface area (Å²) in [5.41, 5.74) is 0.918. The predicted octanol–water partition coefficient (Wildman–Crippen LogP) is 3.65. The first-order valence-electron chi connectivity index (χ1n) is 7.54. The van der Waals surface area contributed by atoms with Gasteiger partial charge in [-0.05, 0) is 49.9 Å². The molecule has 4 nitrogen and oxygen atoms in total. The van der Waals surface area contributed by atoms with Gasteiger partial charge in [0.25, 0.3) is 5.91 Å². The number of anilines is 1. The number of rotatable bonds is 3. The number of halogens is 1. The Morgan fingerprint density at radius 1 is 1.23 bits per heavy atom. The lowest BCUT2D eigenvalue weighted by Gasteiger charge is -2.30. The van der Waals surface area contributed by atoms with Gasteiger partial charge in [-0.15, -0.1) is 0 Å². The molecule has 1 aliphatic heterocycles. The van der Waals surface area contributed by atoms with Crippen LogP contribution in [0.4, 0.5) is 5.69 Å². The van der Waals surface area contributed by atoms with Gasteiger partial charge in [-0.1, -0.05) is 24.4 Å². The van der Waals surface area contributed by atoms with Gasteiger partial charge >= 0.3 is 0 Å². The van der Waals surface area contributed by atoms with Crippen molar-refractivity contribution in [1.82, 2.24) is 0 Å². The molecule has 116 valence electrons. The number of nitrogens with zero attached hydrogens (tertiary/aromatic N) is 1. The van der Waals surface area contributed by atoms with E-state index >= 15 is 0 Å². The molecule has 1 N–H and O–H groups in total. The van der Waals surface area contributed by atoms with Crippen molar-refractivity contribution in [1.29, 1.82) is 0 Å². The average molecular weight is 320 g/mol. The van der Waals surface area contributed by atoms with Crippen LogP contribution in [0.3, 0.4) is 0 Å². The minimum atomic E-state index is -0.496. The molecular formula is C17H18ClNO3. The van der Waals surface area contributed by atoms with Crippen molar-refractivity contribution >= 4 is 29.0 Å². The van der Waals surface area contributed by atoms with Crippen LogP contribution in [0.15, 0.2) is 35.6 Å². The van der Waals surface area contributed by atoms with Crippen LogP contribution >= 0.6 is 11.6 Å². The van der Waals surface area contributed by atoms with Crippen molar-refractivity contribution in [2.75, 3.05) is 4.90 Å². The Kier molecular flexibility index (Phi) is 3.96. The molecule has 0 radical (unpaired) electrons. The van der Waals surface area contributed by atoms with Gasteiger partial charge in [0, 0.05) is 10.7 Å². The molecule has 0 aromatic heterocycles. The maximum absolute atomic E-state index is 12.5. The van der Waals surface area contributed by atoms with E-state index in [1.54, 1.807) is 29.2 Å². The second-order valence-corrected chi connectivity index (χ2v) is 6.40. The fourth-order valence-corrected chi connectivity index (χ4v) is 3.72. The number of hydrogen-bond acceptors (Lipinski definition) is 3. The Labute approximate surface area is 134 Å². The molecule has 5 heteroatoms. The number of Topliss-reactive ketones (excluding diaryl/α,β-unsaturated/α-hetero) is 1. The Morgan fingerprint density at radius 3 is 2.36 bits per heavy atom. The first kappa shape index (κ1) is 15.1. The van der Waals surface area contributed by atoms with E-state index in [0.29, 0.717) is 10.7 Å². The summed E-state index contributed by atoms with van der Waals surface area (Å²) in [6, 6.07) is 6.54. The molecule has 1 aromatic rings. The molecule has 0 bridgehead atoms. The van der Waals surface area contributed by atoms with Crippen LogP contribution in [0.25, 0.3) is 0 Å². The SMILES string of the molecule is CC(=O)C1=C(O)C(=O)N(c2ccc(Cl)cc2)[C@@H]1C1CCCC1. The highest BCUT2D eigenvalue weighted by molar-refractivity contribution is 6.30. The third kappa shape index (κ3) is 2.41. The van der Waals surface area contributed by atoms with Crippen molar-refractivity contribution in [3.8, 4) is 0 Å². The summed E-state index contributed by atoms with van der Waals surface area (Å²) in [7, 11) is 0. The van der Waals surface area contributed by atoms with Gasteiger partial charge in [0.1, 0.15) is 0 Å². The van der Waals surface area contributed by atoms with Crippen LogP contribution in [-0.2, 0) is 9.59 Å². The summed E-state index contributed by atoms with van der Waals surface area (Å²) < 4.78 is 0. The number of aliphatic hydroxyl groups excluding tert-OH is 1. The molecule has 1 saturated carbocycles.